The molecule has 4 N–H and O–H groups in total. The van der Waals surface area contributed by atoms with Crippen molar-refractivity contribution in [2.75, 3.05) is 21.3 Å². The number of alkyl halides is 2. The number of H-pyrrole nitrogens is 2. The van der Waals surface area contributed by atoms with Gasteiger partial charge in [0.2, 0.25) is 11.8 Å². The molecule has 18 nitrogen and oxygen atoms in total. The van der Waals surface area contributed by atoms with Crippen LogP contribution >= 0.6 is 0 Å². The number of benzene rings is 2. The van der Waals surface area contributed by atoms with E-state index in [1.165, 1.54) is 21.1 Å². The minimum Gasteiger partial charge on any atom is -0.488 e. The van der Waals surface area contributed by atoms with E-state index in [0.717, 1.165) is 46.7 Å². The lowest BCUT2D eigenvalue weighted by atomic mass is 9.93. The minimum atomic E-state index is -3.15. The molecule has 0 unspecified atom stereocenters. The van der Waals surface area contributed by atoms with Crippen molar-refractivity contribution in [3.8, 4) is 28.1 Å². The smallest absolute Gasteiger partial charge is 0.407 e. The maximum absolute atomic E-state index is 14.0. The van der Waals surface area contributed by atoms with Gasteiger partial charge in [-0.05, 0) is 88.3 Å². The Balaban J connectivity index is 1.04. The lowest BCUT2D eigenvalue weighted by Gasteiger charge is -2.33. The van der Waals surface area contributed by atoms with Gasteiger partial charge < -0.3 is 54.1 Å². The topological polar surface area (TPSA) is 215 Å². The van der Waals surface area contributed by atoms with Gasteiger partial charge in [-0.25, -0.2) is 19.6 Å². The summed E-state index contributed by atoms with van der Waals surface area (Å²) in [5, 5.41) is 5.81. The number of methoxy groups -OCH3 is 3. The molecule has 340 valence electrons. The first-order valence-corrected chi connectivity index (χ1v) is 21.1. The van der Waals surface area contributed by atoms with Crippen LogP contribution < -0.4 is 15.4 Å². The molecule has 3 aromatic heterocycles. The molecule has 2 aromatic carbocycles. The van der Waals surface area contributed by atoms with Crippen molar-refractivity contribution in [2.45, 2.75) is 115 Å². The number of carbonyl (C=O) groups excluding carboxylic acids is 4. The number of halogens is 2. The highest BCUT2D eigenvalue weighted by atomic mass is 19.3. The van der Waals surface area contributed by atoms with Crippen LogP contribution in [0.3, 0.4) is 0 Å². The van der Waals surface area contributed by atoms with E-state index in [1.54, 1.807) is 29.1 Å². The van der Waals surface area contributed by atoms with E-state index < -0.39 is 55.0 Å². The fraction of sp³-hybridized carbons (Fsp3) is 0.477. The quantitative estimate of drug-likeness (QED) is 0.109. The second-order valence-corrected chi connectivity index (χ2v) is 16.5. The normalized spacial score (nSPS) is 21.2. The van der Waals surface area contributed by atoms with E-state index in [4.69, 9.17) is 24.2 Å². The summed E-state index contributed by atoms with van der Waals surface area (Å²) >= 11 is 0. The van der Waals surface area contributed by atoms with Crippen LogP contribution in [-0.4, -0.2) is 123 Å². The first-order chi connectivity index (χ1) is 30.7. The first-order valence-electron chi connectivity index (χ1n) is 21.1. The van der Waals surface area contributed by atoms with Crippen LogP contribution in [0.15, 0.2) is 42.7 Å². The third kappa shape index (κ3) is 8.26. The lowest BCUT2D eigenvalue weighted by molar-refractivity contribution is -0.172. The Kier molecular flexibility index (Phi) is 12.4. The summed E-state index contributed by atoms with van der Waals surface area (Å²) in [5.41, 5.74) is 6.41. The molecular weight excluding hydrogens is 837 g/mol. The highest BCUT2D eigenvalue weighted by Gasteiger charge is 2.44. The minimum absolute atomic E-state index is 0.121. The average molecular weight is 888 g/mol. The Morgan fingerprint density at radius 3 is 2.05 bits per heavy atom. The van der Waals surface area contributed by atoms with Gasteiger partial charge in [-0.3, -0.25) is 14.6 Å². The van der Waals surface area contributed by atoms with Crippen LogP contribution in [0.25, 0.3) is 44.3 Å². The van der Waals surface area contributed by atoms with Crippen molar-refractivity contribution in [3.05, 3.63) is 59.9 Å². The largest absolute Gasteiger partial charge is 0.488 e. The van der Waals surface area contributed by atoms with Crippen molar-refractivity contribution in [1.29, 1.82) is 0 Å². The first kappa shape index (κ1) is 44.2. The van der Waals surface area contributed by atoms with Gasteiger partial charge >= 0.3 is 18.8 Å². The van der Waals surface area contributed by atoms with E-state index in [9.17, 15) is 28.0 Å². The molecule has 3 aliphatic rings. The zero-order valence-corrected chi connectivity index (χ0v) is 36.4. The van der Waals surface area contributed by atoms with E-state index in [0.29, 0.717) is 53.4 Å². The number of aromatic amines is 2. The number of aromatic nitrogens is 5. The summed E-state index contributed by atoms with van der Waals surface area (Å²) in [5.74, 6) is 0.907. The number of ether oxygens (including phenoxy) is 5. The summed E-state index contributed by atoms with van der Waals surface area (Å²) in [6, 6.07) is 6.27. The number of nitrogens with zero attached hydrogens (tertiary/aromatic N) is 5. The molecule has 64 heavy (non-hydrogen) atoms. The number of nitrogens with one attached hydrogen (secondary N) is 4. The molecule has 2 fully saturated rings. The number of alkyl carbamates (subject to hydrolysis) is 2. The number of fused-ring (bicyclic) bond motifs is 6. The molecule has 4 amide bonds. The Morgan fingerprint density at radius 2 is 1.42 bits per heavy atom. The zero-order valence-electron chi connectivity index (χ0n) is 36.4. The highest BCUT2D eigenvalue weighted by molar-refractivity contribution is 6.05. The molecule has 5 aromatic rings. The van der Waals surface area contributed by atoms with Gasteiger partial charge in [0, 0.05) is 30.1 Å². The van der Waals surface area contributed by atoms with E-state index in [1.807, 2.05) is 44.2 Å². The summed E-state index contributed by atoms with van der Waals surface area (Å²) in [4.78, 5) is 76.8. The monoisotopic (exact) mass is 887 g/mol. The third-order valence-corrected chi connectivity index (χ3v) is 12.7. The maximum atomic E-state index is 14.0. The van der Waals surface area contributed by atoms with Gasteiger partial charge in [0.15, 0.2) is 0 Å². The van der Waals surface area contributed by atoms with Crippen LogP contribution in [0.1, 0.15) is 82.7 Å². The SMILES string of the molecule is COC(=O)N[C@H](C(=O)N1[C@@H](C)CC[C@H]1c1nc2cnc3cc4c(cc3c2[nH]1)OCc1cc(-c2cnc([C@@H]3CC[C@H](C)N3C(=O)[C@@H](NC(=O)OC)[C@@H](C)OC(F)F)[nH]2)ccc1-4)[C@@H](C)OC. The van der Waals surface area contributed by atoms with Crippen LogP contribution in [-0.2, 0) is 35.1 Å². The second kappa shape index (κ2) is 18.0. The molecule has 8 atom stereocenters. The fourth-order valence-corrected chi connectivity index (χ4v) is 9.23. The Labute approximate surface area is 366 Å². The number of amides is 4. The average Bonchev–Trinajstić information content (AvgIpc) is 4.11. The number of hydrogen-bond donors (Lipinski definition) is 4. The van der Waals surface area contributed by atoms with Crippen molar-refractivity contribution in [1.82, 2.24) is 45.4 Å². The van der Waals surface area contributed by atoms with E-state index in [2.05, 4.69) is 35.1 Å². The van der Waals surface area contributed by atoms with Gasteiger partial charge in [0.1, 0.15) is 41.6 Å². The fourth-order valence-electron chi connectivity index (χ4n) is 9.23. The summed E-state index contributed by atoms with van der Waals surface area (Å²) in [6.45, 7) is 3.97. The van der Waals surface area contributed by atoms with Crippen molar-refractivity contribution >= 4 is 45.9 Å². The number of carbonyl (C=O) groups is 4. The van der Waals surface area contributed by atoms with Crippen LogP contribution in [0.4, 0.5) is 18.4 Å². The summed E-state index contributed by atoms with van der Waals surface area (Å²) < 4.78 is 52.3. The third-order valence-electron chi connectivity index (χ3n) is 12.7. The molecule has 2 saturated heterocycles. The standard InChI is InChI=1S/C44H51F2N9O9/c1-20-8-12-32(54(20)41(57)36(53-44(59)62-7)23(4)64-42(45)46)38-48-17-30(49-38)24-10-11-26-25(14-24)19-63-34-16-28-29(15-27(26)34)47-18-31-37(28)51-39(50-31)33-13-9-21(2)55(33)40(56)35(22(3)60-5)52-43(58)61-6/h10-11,14-18,20-23,32-33,35-36,42H,8-9,12-13,19H2,1-7H3,(H,48,49)(H,50,51)(H,52,58)(H,53,59)/t20-,21-,22+,23+,32-,33-,35-,36-/m0/s1. The molecule has 6 heterocycles. The van der Waals surface area contributed by atoms with Crippen molar-refractivity contribution < 1.29 is 51.6 Å². The van der Waals surface area contributed by atoms with Crippen molar-refractivity contribution in [2.24, 2.45) is 0 Å². The van der Waals surface area contributed by atoms with Gasteiger partial charge in [0.05, 0.1) is 67.6 Å². The van der Waals surface area contributed by atoms with Crippen LogP contribution in [0, 0.1) is 0 Å². The maximum Gasteiger partial charge on any atom is 0.407 e. The molecule has 20 heteroatoms. The van der Waals surface area contributed by atoms with Crippen LogP contribution in [0.2, 0.25) is 0 Å². The van der Waals surface area contributed by atoms with Gasteiger partial charge in [-0.15, -0.1) is 0 Å². The molecule has 8 rings (SSSR count). The van der Waals surface area contributed by atoms with E-state index in [-0.39, 0.29) is 30.6 Å². The Bertz CT molecular complexity index is 2590. The van der Waals surface area contributed by atoms with Gasteiger partial charge in [-0.1, -0.05) is 12.1 Å². The number of likely N-dealkylation sites (tertiary alicyclic amines) is 2. The number of imidazole rings is 2. The molecule has 0 saturated carbocycles. The lowest BCUT2D eigenvalue weighted by Crippen LogP contribution is -2.55. The zero-order chi connectivity index (χ0) is 45.6. The molecule has 0 bridgehead atoms. The highest BCUT2D eigenvalue weighted by Crippen LogP contribution is 2.44. The van der Waals surface area contributed by atoms with Gasteiger partial charge in [0.25, 0.3) is 0 Å². The predicted octanol–water partition coefficient (Wildman–Crippen LogP) is 6.28. The van der Waals surface area contributed by atoms with E-state index >= 15 is 0 Å². The molecule has 0 aliphatic carbocycles. The molecule has 0 spiro atoms. The summed E-state index contributed by atoms with van der Waals surface area (Å²) in [7, 11) is 3.84. The molecule has 3 aliphatic heterocycles. The Hall–Kier alpha value is -6.41. The number of pyridine rings is 1. The molecule has 0 radical (unpaired) electrons. The predicted molar refractivity (Wildman–Crippen MR) is 227 cm³/mol. The van der Waals surface area contributed by atoms with Gasteiger partial charge in [-0.2, -0.15) is 8.78 Å². The molecular formula is C44H51F2N9O9. The second-order valence-electron chi connectivity index (χ2n) is 16.5. The summed E-state index contributed by atoms with van der Waals surface area (Å²) in [6.07, 6.45) is 2.35. The number of hydrogen-bond acceptors (Lipinski definition) is 12. The number of rotatable bonds is 12. The van der Waals surface area contributed by atoms with Crippen molar-refractivity contribution in [3.63, 3.8) is 0 Å². The van der Waals surface area contributed by atoms with Crippen LogP contribution in [0.5, 0.6) is 5.75 Å². The Morgan fingerprint density at radius 1 is 0.781 bits per heavy atom.